The van der Waals surface area contributed by atoms with Gasteiger partial charge in [-0.05, 0) is 67.0 Å². The van der Waals surface area contributed by atoms with Gasteiger partial charge in [0, 0.05) is 34.5 Å². The molecule has 26 heavy (non-hydrogen) atoms. The number of pyridine rings is 1. The molecule has 3 nitrogen and oxygen atoms in total. The Hall–Kier alpha value is -2.10. The van der Waals surface area contributed by atoms with E-state index in [1.807, 2.05) is 30.5 Å². The van der Waals surface area contributed by atoms with Gasteiger partial charge in [0.05, 0.1) is 5.52 Å². The van der Waals surface area contributed by atoms with Crippen molar-refractivity contribution in [1.82, 2.24) is 9.88 Å². The summed E-state index contributed by atoms with van der Waals surface area (Å²) in [6.45, 7) is 9.75. The Morgan fingerprint density at radius 2 is 1.77 bits per heavy atom. The van der Waals surface area contributed by atoms with Crippen LogP contribution in [0.25, 0.3) is 10.9 Å². The van der Waals surface area contributed by atoms with Crippen molar-refractivity contribution in [2.75, 3.05) is 18.4 Å². The van der Waals surface area contributed by atoms with Crippen LogP contribution in [0.15, 0.2) is 48.7 Å². The third-order valence-electron chi connectivity index (χ3n) is 4.86. The Balaban J connectivity index is 1.93. The van der Waals surface area contributed by atoms with Crippen molar-refractivity contribution < 1.29 is 0 Å². The highest BCUT2D eigenvalue weighted by atomic mass is 35.5. The molecule has 3 rings (SSSR count). The zero-order chi connectivity index (χ0) is 18.5. The molecule has 0 saturated carbocycles. The maximum absolute atomic E-state index is 6.10. The first-order valence-corrected chi connectivity index (χ1v) is 9.67. The Morgan fingerprint density at radius 3 is 2.50 bits per heavy atom. The van der Waals surface area contributed by atoms with Crippen molar-refractivity contribution in [2.45, 2.75) is 33.7 Å². The van der Waals surface area contributed by atoms with Gasteiger partial charge >= 0.3 is 0 Å². The van der Waals surface area contributed by atoms with E-state index < -0.39 is 0 Å². The fourth-order valence-corrected chi connectivity index (χ4v) is 3.44. The molecule has 0 bridgehead atoms. The van der Waals surface area contributed by atoms with Gasteiger partial charge in [-0.2, -0.15) is 0 Å². The van der Waals surface area contributed by atoms with E-state index in [2.05, 4.69) is 54.2 Å². The Morgan fingerprint density at radius 1 is 0.962 bits per heavy atom. The molecule has 0 aliphatic carbocycles. The maximum atomic E-state index is 6.10. The van der Waals surface area contributed by atoms with Crippen molar-refractivity contribution >= 4 is 33.9 Å². The topological polar surface area (TPSA) is 28.2 Å². The number of aromatic nitrogens is 1. The van der Waals surface area contributed by atoms with Gasteiger partial charge in [-0.25, -0.2) is 0 Å². The standard InChI is InChI=1S/C22H26ClN3/c1-4-16-7-9-19(13-17(16)15-26(5-2)6-3)25-21-11-12-24-22-14-18(23)8-10-20(21)22/h7-14H,4-6,15H2,1-3H3,(H,24,25). The number of halogens is 1. The van der Waals surface area contributed by atoms with Crippen molar-refractivity contribution in [3.8, 4) is 0 Å². The summed E-state index contributed by atoms with van der Waals surface area (Å²) in [5.41, 5.74) is 5.85. The Labute approximate surface area is 161 Å². The summed E-state index contributed by atoms with van der Waals surface area (Å²) in [6, 6.07) is 14.5. The van der Waals surface area contributed by atoms with Crippen LogP contribution in [-0.4, -0.2) is 23.0 Å². The zero-order valence-corrected chi connectivity index (χ0v) is 16.5. The second-order valence-corrected chi connectivity index (χ2v) is 6.88. The summed E-state index contributed by atoms with van der Waals surface area (Å²) in [6.07, 6.45) is 2.87. The van der Waals surface area contributed by atoms with Crippen LogP contribution in [-0.2, 0) is 13.0 Å². The normalized spacial score (nSPS) is 11.3. The van der Waals surface area contributed by atoms with Gasteiger partial charge in [0.15, 0.2) is 0 Å². The molecule has 3 aromatic rings. The van der Waals surface area contributed by atoms with E-state index in [1.54, 1.807) is 0 Å². The number of aryl methyl sites for hydroxylation is 1. The van der Waals surface area contributed by atoms with E-state index in [-0.39, 0.29) is 0 Å². The molecule has 1 N–H and O–H groups in total. The largest absolute Gasteiger partial charge is 0.355 e. The molecule has 0 aliphatic heterocycles. The quantitative estimate of drug-likeness (QED) is 0.552. The molecule has 0 saturated heterocycles. The SMILES string of the molecule is CCc1ccc(Nc2ccnc3cc(Cl)ccc23)cc1CN(CC)CC. The molecule has 0 fully saturated rings. The second kappa shape index (κ2) is 8.52. The fourth-order valence-electron chi connectivity index (χ4n) is 3.27. The summed E-state index contributed by atoms with van der Waals surface area (Å²) < 4.78 is 0. The van der Waals surface area contributed by atoms with E-state index in [0.717, 1.165) is 48.3 Å². The molecule has 1 heterocycles. The summed E-state index contributed by atoms with van der Waals surface area (Å²) in [5.74, 6) is 0. The van der Waals surface area contributed by atoms with Crippen molar-refractivity contribution in [1.29, 1.82) is 0 Å². The molecule has 1 aromatic heterocycles. The van der Waals surface area contributed by atoms with Crippen molar-refractivity contribution in [3.05, 3.63) is 64.8 Å². The predicted molar refractivity (Wildman–Crippen MR) is 112 cm³/mol. The van der Waals surface area contributed by atoms with E-state index in [1.165, 1.54) is 11.1 Å². The molecule has 0 atom stereocenters. The highest BCUT2D eigenvalue weighted by Gasteiger charge is 2.09. The maximum Gasteiger partial charge on any atom is 0.0737 e. The average molecular weight is 368 g/mol. The van der Waals surface area contributed by atoms with Gasteiger partial charge in [-0.3, -0.25) is 9.88 Å². The summed E-state index contributed by atoms with van der Waals surface area (Å²) in [7, 11) is 0. The average Bonchev–Trinajstić information content (AvgIpc) is 2.66. The van der Waals surface area contributed by atoms with E-state index >= 15 is 0 Å². The Kier molecular flexibility index (Phi) is 6.12. The van der Waals surface area contributed by atoms with Gasteiger partial charge in [0.2, 0.25) is 0 Å². The number of anilines is 2. The number of rotatable bonds is 7. The first-order chi connectivity index (χ1) is 12.6. The molecule has 0 unspecified atom stereocenters. The van der Waals surface area contributed by atoms with Gasteiger partial charge in [-0.1, -0.05) is 38.4 Å². The van der Waals surface area contributed by atoms with Crippen LogP contribution < -0.4 is 5.32 Å². The smallest absolute Gasteiger partial charge is 0.0737 e. The third kappa shape index (κ3) is 4.17. The van der Waals surface area contributed by atoms with E-state index in [9.17, 15) is 0 Å². The molecular weight excluding hydrogens is 342 g/mol. The molecule has 4 heteroatoms. The molecular formula is C22H26ClN3. The summed E-state index contributed by atoms with van der Waals surface area (Å²) in [4.78, 5) is 6.87. The van der Waals surface area contributed by atoms with Crippen molar-refractivity contribution in [3.63, 3.8) is 0 Å². The monoisotopic (exact) mass is 367 g/mol. The molecule has 0 amide bonds. The predicted octanol–water partition coefficient (Wildman–Crippen LogP) is 6.04. The number of benzene rings is 2. The number of hydrogen-bond donors (Lipinski definition) is 1. The van der Waals surface area contributed by atoms with Crippen LogP contribution in [0.2, 0.25) is 5.02 Å². The van der Waals surface area contributed by atoms with Crippen LogP contribution in [0.1, 0.15) is 31.9 Å². The third-order valence-corrected chi connectivity index (χ3v) is 5.09. The lowest BCUT2D eigenvalue weighted by molar-refractivity contribution is 0.295. The molecule has 0 spiro atoms. The van der Waals surface area contributed by atoms with Crippen LogP contribution in [0, 0.1) is 0 Å². The number of fused-ring (bicyclic) bond motifs is 1. The van der Waals surface area contributed by atoms with E-state index in [0.29, 0.717) is 5.02 Å². The molecule has 0 radical (unpaired) electrons. The Bertz CT molecular complexity index is 888. The number of hydrogen-bond acceptors (Lipinski definition) is 3. The van der Waals surface area contributed by atoms with Gasteiger partial charge in [0.25, 0.3) is 0 Å². The van der Waals surface area contributed by atoms with Crippen LogP contribution in [0.4, 0.5) is 11.4 Å². The second-order valence-electron chi connectivity index (χ2n) is 6.44. The lowest BCUT2D eigenvalue weighted by Crippen LogP contribution is -2.22. The van der Waals surface area contributed by atoms with E-state index in [4.69, 9.17) is 11.6 Å². The first-order valence-electron chi connectivity index (χ1n) is 9.30. The fraction of sp³-hybridized carbons (Fsp3) is 0.318. The lowest BCUT2D eigenvalue weighted by atomic mass is 10.0. The number of nitrogens with zero attached hydrogens (tertiary/aromatic N) is 2. The highest BCUT2D eigenvalue weighted by molar-refractivity contribution is 6.31. The minimum atomic E-state index is 0.705. The van der Waals surface area contributed by atoms with Crippen LogP contribution in [0.5, 0.6) is 0 Å². The zero-order valence-electron chi connectivity index (χ0n) is 15.7. The molecule has 0 aliphatic rings. The van der Waals surface area contributed by atoms with Gasteiger partial charge in [0.1, 0.15) is 0 Å². The van der Waals surface area contributed by atoms with Crippen LogP contribution in [0.3, 0.4) is 0 Å². The van der Waals surface area contributed by atoms with Gasteiger partial charge < -0.3 is 5.32 Å². The lowest BCUT2D eigenvalue weighted by Gasteiger charge is -2.21. The van der Waals surface area contributed by atoms with Crippen molar-refractivity contribution in [2.24, 2.45) is 0 Å². The molecule has 136 valence electrons. The van der Waals surface area contributed by atoms with Crippen LogP contribution >= 0.6 is 11.6 Å². The summed E-state index contributed by atoms with van der Waals surface area (Å²) in [5, 5.41) is 5.34. The molecule has 2 aromatic carbocycles. The number of nitrogens with one attached hydrogen (secondary N) is 1. The minimum absolute atomic E-state index is 0.705. The first kappa shape index (κ1) is 18.7. The highest BCUT2D eigenvalue weighted by Crippen LogP contribution is 2.28. The van der Waals surface area contributed by atoms with Gasteiger partial charge in [-0.15, -0.1) is 0 Å². The summed E-state index contributed by atoms with van der Waals surface area (Å²) >= 11 is 6.10. The minimum Gasteiger partial charge on any atom is -0.355 e.